The molecule has 0 N–H and O–H groups in total. The average molecular weight is 251 g/mol. The van der Waals surface area contributed by atoms with Gasteiger partial charge < -0.3 is 4.57 Å². The predicted molar refractivity (Wildman–Crippen MR) is 70.5 cm³/mol. The Labute approximate surface area is 105 Å². The van der Waals surface area contributed by atoms with E-state index in [2.05, 4.69) is 16.5 Å². The summed E-state index contributed by atoms with van der Waals surface area (Å²) < 4.78 is 2.07. The van der Waals surface area contributed by atoms with Gasteiger partial charge in [-0.1, -0.05) is 31.4 Å². The Bertz CT molecular complexity index is 577. The van der Waals surface area contributed by atoms with Gasteiger partial charge in [0.05, 0.1) is 10.9 Å². The molecule has 17 heavy (non-hydrogen) atoms. The number of hydrogen-bond donors (Lipinski definition) is 0. The predicted octanol–water partition coefficient (Wildman–Crippen LogP) is 3.24. The number of halogens is 1. The quantitative estimate of drug-likeness (QED) is 0.617. The van der Waals surface area contributed by atoms with Crippen LogP contribution in [0, 0.1) is 0 Å². The zero-order valence-electron chi connectivity index (χ0n) is 9.82. The fraction of sp³-hybridized carbons (Fsp3) is 0.385. The van der Waals surface area contributed by atoms with Crippen LogP contribution in [0.25, 0.3) is 10.9 Å². The fourth-order valence-electron chi connectivity index (χ4n) is 1.90. The third kappa shape index (κ3) is 2.67. The van der Waals surface area contributed by atoms with Crippen LogP contribution in [0.15, 0.2) is 29.3 Å². The minimum Gasteiger partial charge on any atom is -0.347 e. The van der Waals surface area contributed by atoms with Crippen LogP contribution < -0.4 is 5.43 Å². The maximum Gasteiger partial charge on any atom is 0.190 e. The van der Waals surface area contributed by atoms with Gasteiger partial charge in [0.25, 0.3) is 0 Å². The van der Waals surface area contributed by atoms with E-state index < -0.39 is 0 Å². The summed E-state index contributed by atoms with van der Waals surface area (Å²) in [5, 5.41) is 1.06. The van der Waals surface area contributed by atoms with Crippen molar-refractivity contribution in [3.63, 3.8) is 0 Å². The second-order valence-corrected chi connectivity index (χ2v) is 4.49. The number of hydrogen-bond acceptors (Lipinski definition) is 2. The molecule has 2 heterocycles. The number of aromatic nitrogens is 2. The summed E-state index contributed by atoms with van der Waals surface area (Å²) in [6, 6.07) is 3.34. The van der Waals surface area contributed by atoms with Crippen LogP contribution >= 0.6 is 11.6 Å². The minimum absolute atomic E-state index is 0.00379. The molecule has 2 aromatic rings. The number of pyridine rings is 2. The van der Waals surface area contributed by atoms with E-state index in [1.807, 2.05) is 6.20 Å². The van der Waals surface area contributed by atoms with Gasteiger partial charge in [-0.2, -0.15) is 0 Å². The molecule has 0 aromatic carbocycles. The molecule has 0 atom stereocenters. The number of unbranched alkanes of at least 4 members (excludes halogenated alkanes) is 2. The maximum absolute atomic E-state index is 11.7. The van der Waals surface area contributed by atoms with Crippen molar-refractivity contribution in [2.75, 3.05) is 0 Å². The van der Waals surface area contributed by atoms with Crippen LogP contribution in [0.2, 0.25) is 5.15 Å². The van der Waals surface area contributed by atoms with Crippen LogP contribution in [-0.2, 0) is 6.54 Å². The van der Waals surface area contributed by atoms with Gasteiger partial charge in [-0.25, -0.2) is 4.98 Å². The Hall–Kier alpha value is -1.35. The zero-order valence-corrected chi connectivity index (χ0v) is 10.6. The van der Waals surface area contributed by atoms with Crippen LogP contribution in [0.3, 0.4) is 0 Å². The standard InChI is InChI=1S/C13H15ClN2O/c1-2-3-4-6-16-7-5-12(17)10-9-15-13(14)8-11(10)16/h5,7-9H,2-4,6H2,1H3. The Morgan fingerprint density at radius 2 is 2.24 bits per heavy atom. The largest absolute Gasteiger partial charge is 0.347 e. The van der Waals surface area contributed by atoms with Crippen molar-refractivity contribution in [2.45, 2.75) is 32.7 Å². The summed E-state index contributed by atoms with van der Waals surface area (Å²) in [5.41, 5.74) is 0.865. The number of rotatable bonds is 4. The lowest BCUT2D eigenvalue weighted by molar-refractivity contribution is 0.613. The molecule has 0 aliphatic rings. The molecule has 4 heteroatoms. The maximum atomic E-state index is 11.7. The molecule has 0 amide bonds. The molecule has 3 nitrogen and oxygen atoms in total. The van der Waals surface area contributed by atoms with Crippen molar-refractivity contribution in [3.8, 4) is 0 Å². The summed E-state index contributed by atoms with van der Waals surface area (Å²) in [5.74, 6) is 0. The van der Waals surface area contributed by atoms with E-state index in [1.165, 1.54) is 12.8 Å². The zero-order chi connectivity index (χ0) is 12.3. The molecule has 2 aromatic heterocycles. The summed E-state index contributed by atoms with van der Waals surface area (Å²) in [4.78, 5) is 15.6. The van der Waals surface area contributed by atoms with E-state index in [1.54, 1.807) is 18.3 Å². The smallest absolute Gasteiger partial charge is 0.190 e. The highest BCUT2D eigenvalue weighted by atomic mass is 35.5. The van der Waals surface area contributed by atoms with Gasteiger partial charge in [0.15, 0.2) is 5.43 Å². The Morgan fingerprint density at radius 3 is 3.00 bits per heavy atom. The number of aryl methyl sites for hydroxylation is 1. The summed E-state index contributed by atoms with van der Waals surface area (Å²) in [6.07, 6.45) is 6.86. The Morgan fingerprint density at radius 1 is 1.41 bits per heavy atom. The third-order valence-corrected chi connectivity index (χ3v) is 3.04. The highest BCUT2D eigenvalue weighted by molar-refractivity contribution is 6.29. The third-order valence-electron chi connectivity index (χ3n) is 2.83. The van der Waals surface area contributed by atoms with Crippen molar-refractivity contribution >= 4 is 22.5 Å². The van der Waals surface area contributed by atoms with E-state index in [4.69, 9.17) is 11.6 Å². The lowest BCUT2D eigenvalue weighted by Crippen LogP contribution is -2.08. The van der Waals surface area contributed by atoms with Crippen LogP contribution in [0.1, 0.15) is 26.2 Å². The molecule has 0 aliphatic heterocycles. The molecular formula is C13H15ClN2O. The topological polar surface area (TPSA) is 34.9 Å². The highest BCUT2D eigenvalue weighted by Crippen LogP contribution is 2.14. The van der Waals surface area contributed by atoms with Crippen molar-refractivity contribution in [2.24, 2.45) is 0 Å². The van der Waals surface area contributed by atoms with E-state index in [0.29, 0.717) is 10.5 Å². The first kappa shape index (κ1) is 12.1. The summed E-state index contributed by atoms with van der Waals surface area (Å²) >= 11 is 5.88. The summed E-state index contributed by atoms with van der Waals surface area (Å²) in [6.45, 7) is 3.08. The van der Waals surface area contributed by atoms with Gasteiger partial charge in [0.2, 0.25) is 0 Å². The van der Waals surface area contributed by atoms with Crippen molar-refractivity contribution in [1.82, 2.24) is 9.55 Å². The summed E-state index contributed by atoms with van der Waals surface area (Å²) in [7, 11) is 0. The lowest BCUT2D eigenvalue weighted by Gasteiger charge is -2.10. The molecular weight excluding hydrogens is 236 g/mol. The van der Waals surface area contributed by atoms with Gasteiger partial charge in [0.1, 0.15) is 5.15 Å². The van der Waals surface area contributed by atoms with Crippen LogP contribution in [0.5, 0.6) is 0 Å². The van der Waals surface area contributed by atoms with E-state index in [9.17, 15) is 4.79 Å². The molecule has 0 radical (unpaired) electrons. The molecule has 0 bridgehead atoms. The van der Waals surface area contributed by atoms with E-state index in [0.717, 1.165) is 18.5 Å². The lowest BCUT2D eigenvalue weighted by atomic mass is 10.2. The average Bonchev–Trinajstić information content (AvgIpc) is 2.32. The minimum atomic E-state index is -0.00379. The van der Waals surface area contributed by atoms with Crippen LogP contribution in [0.4, 0.5) is 0 Å². The van der Waals surface area contributed by atoms with Crippen LogP contribution in [-0.4, -0.2) is 9.55 Å². The van der Waals surface area contributed by atoms with Gasteiger partial charge in [-0.3, -0.25) is 4.79 Å². The molecule has 0 aliphatic carbocycles. The Balaban J connectivity index is 2.45. The second-order valence-electron chi connectivity index (χ2n) is 4.10. The first-order chi connectivity index (χ1) is 8.22. The van der Waals surface area contributed by atoms with Crippen molar-refractivity contribution < 1.29 is 0 Å². The monoisotopic (exact) mass is 250 g/mol. The molecule has 90 valence electrons. The van der Waals surface area contributed by atoms with E-state index >= 15 is 0 Å². The second kappa shape index (κ2) is 5.32. The van der Waals surface area contributed by atoms with Gasteiger partial charge in [-0.05, 0) is 12.5 Å². The molecule has 0 saturated carbocycles. The molecule has 0 unspecified atom stereocenters. The van der Waals surface area contributed by atoms with Gasteiger partial charge in [-0.15, -0.1) is 0 Å². The first-order valence-corrected chi connectivity index (χ1v) is 6.25. The van der Waals surface area contributed by atoms with Gasteiger partial charge >= 0.3 is 0 Å². The SMILES string of the molecule is CCCCCn1ccc(=O)c2cnc(Cl)cc21. The highest BCUT2D eigenvalue weighted by Gasteiger charge is 2.04. The fourth-order valence-corrected chi connectivity index (χ4v) is 2.05. The first-order valence-electron chi connectivity index (χ1n) is 5.87. The number of fused-ring (bicyclic) bond motifs is 1. The molecule has 0 saturated heterocycles. The number of nitrogens with zero attached hydrogens (tertiary/aromatic N) is 2. The van der Waals surface area contributed by atoms with Gasteiger partial charge in [0, 0.05) is 25.0 Å². The van der Waals surface area contributed by atoms with Crippen molar-refractivity contribution in [3.05, 3.63) is 39.9 Å². The molecule has 0 spiro atoms. The van der Waals surface area contributed by atoms with E-state index in [-0.39, 0.29) is 5.43 Å². The molecule has 0 fully saturated rings. The van der Waals surface area contributed by atoms with Crippen molar-refractivity contribution in [1.29, 1.82) is 0 Å². The Kier molecular flexibility index (Phi) is 3.79. The molecule has 2 rings (SSSR count). The normalized spacial score (nSPS) is 10.9.